The van der Waals surface area contributed by atoms with Crippen molar-refractivity contribution in [1.82, 2.24) is 25.4 Å². The van der Waals surface area contributed by atoms with Crippen molar-refractivity contribution < 1.29 is 4.74 Å². The fourth-order valence-electron chi connectivity index (χ4n) is 3.91. The first-order valence-corrected chi connectivity index (χ1v) is 9.81. The molecule has 0 amide bonds. The standard InChI is InChI=1S/C20H28N6O/c1-3-21-20(22-11-15-10-14-6-4-5-7-17(14)15)23-16-8-9-19-24-18(13-27-2)25-26(19)12-16/h4-7,15-16H,3,8-13H2,1-2H3,(H2,21,22,23). The minimum atomic E-state index is 0.307. The highest BCUT2D eigenvalue weighted by molar-refractivity contribution is 5.80. The van der Waals surface area contributed by atoms with Gasteiger partial charge in [0, 0.05) is 38.6 Å². The highest BCUT2D eigenvalue weighted by Crippen LogP contribution is 2.34. The van der Waals surface area contributed by atoms with E-state index < -0.39 is 0 Å². The van der Waals surface area contributed by atoms with Gasteiger partial charge in [-0.3, -0.25) is 4.99 Å². The van der Waals surface area contributed by atoms with Crippen LogP contribution in [0, 0.1) is 0 Å². The van der Waals surface area contributed by atoms with Gasteiger partial charge in [-0.2, -0.15) is 5.10 Å². The lowest BCUT2D eigenvalue weighted by Gasteiger charge is -2.29. The number of rotatable bonds is 6. The van der Waals surface area contributed by atoms with E-state index in [0.29, 0.717) is 18.6 Å². The van der Waals surface area contributed by atoms with Crippen LogP contribution in [0.2, 0.25) is 0 Å². The largest absolute Gasteiger partial charge is 0.377 e. The number of hydrogen-bond donors (Lipinski definition) is 2. The van der Waals surface area contributed by atoms with Crippen LogP contribution in [-0.2, 0) is 30.7 Å². The van der Waals surface area contributed by atoms with E-state index in [1.54, 1.807) is 7.11 Å². The summed E-state index contributed by atoms with van der Waals surface area (Å²) in [5, 5.41) is 11.5. The molecule has 1 aliphatic heterocycles. The van der Waals surface area contributed by atoms with Crippen LogP contribution in [0.15, 0.2) is 29.3 Å². The number of aryl methyl sites for hydroxylation is 1. The molecule has 0 radical (unpaired) electrons. The van der Waals surface area contributed by atoms with Crippen LogP contribution < -0.4 is 10.6 Å². The van der Waals surface area contributed by atoms with Crippen molar-refractivity contribution >= 4 is 5.96 Å². The molecule has 0 saturated heterocycles. The van der Waals surface area contributed by atoms with Gasteiger partial charge in [-0.05, 0) is 30.9 Å². The van der Waals surface area contributed by atoms with E-state index in [1.165, 1.54) is 11.1 Å². The number of aliphatic imine (C=N–C) groups is 1. The average Bonchev–Trinajstić information content (AvgIpc) is 3.04. The van der Waals surface area contributed by atoms with E-state index in [1.807, 2.05) is 4.68 Å². The van der Waals surface area contributed by atoms with E-state index >= 15 is 0 Å². The van der Waals surface area contributed by atoms with Gasteiger partial charge in [0.1, 0.15) is 12.4 Å². The Hall–Kier alpha value is -2.41. The highest BCUT2D eigenvalue weighted by Gasteiger charge is 2.26. The topological polar surface area (TPSA) is 76.4 Å². The zero-order valence-electron chi connectivity index (χ0n) is 16.1. The normalized spacial score (nSPS) is 21.2. The number of guanidine groups is 1. The Morgan fingerprint density at radius 3 is 3.07 bits per heavy atom. The second-order valence-corrected chi connectivity index (χ2v) is 7.26. The van der Waals surface area contributed by atoms with Crippen LogP contribution in [0.5, 0.6) is 0 Å². The van der Waals surface area contributed by atoms with E-state index in [-0.39, 0.29) is 0 Å². The Bertz CT molecular complexity index is 815. The summed E-state index contributed by atoms with van der Waals surface area (Å²) >= 11 is 0. The lowest BCUT2D eigenvalue weighted by Crippen LogP contribution is -2.47. The maximum atomic E-state index is 5.14. The smallest absolute Gasteiger partial charge is 0.191 e. The molecule has 2 unspecified atom stereocenters. The predicted molar refractivity (Wildman–Crippen MR) is 105 cm³/mol. The van der Waals surface area contributed by atoms with Crippen LogP contribution in [0.3, 0.4) is 0 Å². The van der Waals surface area contributed by atoms with E-state index in [9.17, 15) is 0 Å². The zero-order chi connectivity index (χ0) is 18.6. The van der Waals surface area contributed by atoms with Crippen LogP contribution in [0.4, 0.5) is 0 Å². The fourth-order valence-corrected chi connectivity index (χ4v) is 3.91. The molecule has 0 fully saturated rings. The maximum Gasteiger partial charge on any atom is 0.191 e. The molecule has 1 aromatic heterocycles. The molecule has 7 nitrogen and oxygen atoms in total. The van der Waals surface area contributed by atoms with E-state index in [4.69, 9.17) is 9.73 Å². The summed E-state index contributed by atoms with van der Waals surface area (Å²) in [7, 11) is 1.67. The highest BCUT2D eigenvalue weighted by atomic mass is 16.5. The number of ether oxygens (including phenoxy) is 1. The number of fused-ring (bicyclic) bond motifs is 2. The Morgan fingerprint density at radius 2 is 2.26 bits per heavy atom. The van der Waals surface area contributed by atoms with Gasteiger partial charge in [-0.15, -0.1) is 0 Å². The van der Waals surface area contributed by atoms with Crippen LogP contribution in [0.25, 0.3) is 0 Å². The third kappa shape index (κ3) is 3.98. The van der Waals surface area contributed by atoms with Crippen molar-refractivity contribution in [1.29, 1.82) is 0 Å². The van der Waals surface area contributed by atoms with Crippen molar-refractivity contribution in [2.45, 2.75) is 51.3 Å². The molecule has 2 N–H and O–H groups in total. The van der Waals surface area contributed by atoms with Crippen molar-refractivity contribution in [2.24, 2.45) is 4.99 Å². The third-order valence-corrected chi connectivity index (χ3v) is 5.29. The molecule has 2 aliphatic rings. The SMILES string of the molecule is CCNC(=NCC1Cc2ccccc21)NC1CCc2nc(COC)nn2C1. The van der Waals surface area contributed by atoms with Gasteiger partial charge >= 0.3 is 0 Å². The summed E-state index contributed by atoms with van der Waals surface area (Å²) < 4.78 is 7.14. The number of nitrogens with zero attached hydrogens (tertiary/aromatic N) is 4. The number of methoxy groups -OCH3 is 1. The molecule has 7 heteroatoms. The molecular formula is C20H28N6O. The zero-order valence-corrected chi connectivity index (χ0v) is 16.1. The maximum absolute atomic E-state index is 5.14. The van der Waals surface area contributed by atoms with Gasteiger partial charge in [-0.25, -0.2) is 9.67 Å². The van der Waals surface area contributed by atoms with Crippen molar-refractivity contribution in [3.8, 4) is 0 Å². The lowest BCUT2D eigenvalue weighted by atomic mass is 9.78. The monoisotopic (exact) mass is 368 g/mol. The first-order chi connectivity index (χ1) is 13.3. The summed E-state index contributed by atoms with van der Waals surface area (Å²) in [6.45, 7) is 5.05. The minimum absolute atomic E-state index is 0.307. The van der Waals surface area contributed by atoms with E-state index in [2.05, 4.69) is 51.9 Å². The third-order valence-electron chi connectivity index (χ3n) is 5.29. The molecule has 0 bridgehead atoms. The number of aromatic nitrogens is 3. The van der Waals surface area contributed by atoms with Gasteiger partial charge in [0.05, 0.1) is 6.54 Å². The van der Waals surface area contributed by atoms with Crippen molar-refractivity contribution in [3.63, 3.8) is 0 Å². The first-order valence-electron chi connectivity index (χ1n) is 9.81. The van der Waals surface area contributed by atoms with Gasteiger partial charge in [0.25, 0.3) is 0 Å². The lowest BCUT2D eigenvalue weighted by molar-refractivity contribution is 0.177. The molecule has 0 saturated carbocycles. The summed E-state index contributed by atoms with van der Waals surface area (Å²) in [5.41, 5.74) is 2.92. The summed E-state index contributed by atoms with van der Waals surface area (Å²) in [4.78, 5) is 9.39. The second-order valence-electron chi connectivity index (χ2n) is 7.26. The summed E-state index contributed by atoms with van der Waals surface area (Å²) in [6.07, 6.45) is 3.08. The number of nitrogens with one attached hydrogen (secondary N) is 2. The number of benzene rings is 1. The van der Waals surface area contributed by atoms with Gasteiger partial charge in [0.2, 0.25) is 0 Å². The Balaban J connectivity index is 1.37. The number of hydrogen-bond acceptors (Lipinski definition) is 4. The molecule has 1 aromatic carbocycles. The molecule has 144 valence electrons. The molecule has 2 aromatic rings. The van der Waals surface area contributed by atoms with Crippen LogP contribution in [-0.4, -0.2) is 47.0 Å². The Morgan fingerprint density at radius 1 is 1.37 bits per heavy atom. The molecule has 27 heavy (non-hydrogen) atoms. The van der Waals surface area contributed by atoms with Crippen molar-refractivity contribution in [3.05, 3.63) is 47.0 Å². The average molecular weight is 368 g/mol. The molecule has 1 aliphatic carbocycles. The van der Waals surface area contributed by atoms with Crippen LogP contribution >= 0.6 is 0 Å². The van der Waals surface area contributed by atoms with Gasteiger partial charge < -0.3 is 15.4 Å². The van der Waals surface area contributed by atoms with Crippen LogP contribution in [0.1, 0.15) is 42.0 Å². The molecule has 0 spiro atoms. The van der Waals surface area contributed by atoms with Crippen molar-refractivity contribution in [2.75, 3.05) is 20.2 Å². The fraction of sp³-hybridized carbons (Fsp3) is 0.550. The Labute approximate surface area is 160 Å². The first kappa shape index (κ1) is 18.0. The molecule has 4 rings (SSSR count). The predicted octanol–water partition coefficient (Wildman–Crippen LogP) is 1.63. The molecule has 2 atom stereocenters. The van der Waals surface area contributed by atoms with Gasteiger partial charge in [-0.1, -0.05) is 24.3 Å². The van der Waals surface area contributed by atoms with E-state index in [0.717, 1.165) is 56.5 Å². The quantitative estimate of drug-likeness (QED) is 0.599. The Kier molecular flexibility index (Phi) is 5.38. The molecular weight excluding hydrogens is 340 g/mol. The summed E-state index contributed by atoms with van der Waals surface area (Å²) in [6, 6.07) is 8.98. The summed E-state index contributed by atoms with van der Waals surface area (Å²) in [5.74, 6) is 3.25. The minimum Gasteiger partial charge on any atom is -0.377 e. The second kappa shape index (κ2) is 8.08. The van der Waals surface area contributed by atoms with Gasteiger partial charge in [0.15, 0.2) is 11.8 Å². The molecule has 2 heterocycles.